The van der Waals surface area contributed by atoms with Crippen molar-refractivity contribution >= 4 is 5.78 Å². The third-order valence-corrected chi connectivity index (χ3v) is 2.66. The van der Waals surface area contributed by atoms with Crippen molar-refractivity contribution in [1.82, 2.24) is 9.55 Å². The Labute approximate surface area is 101 Å². The number of ketones is 1. The molecule has 0 N–H and O–H groups in total. The zero-order valence-electron chi connectivity index (χ0n) is 9.97. The highest BCUT2D eigenvalue weighted by atomic mass is 16.1. The number of carbonyl (C=O) groups excluding carboxylic acids is 1. The van der Waals surface area contributed by atoms with Crippen molar-refractivity contribution in [3.05, 3.63) is 54.1 Å². The summed E-state index contributed by atoms with van der Waals surface area (Å²) < 4.78 is 2.03. The molecule has 0 saturated carbocycles. The summed E-state index contributed by atoms with van der Waals surface area (Å²) in [6, 6.07) is 5.85. The molecule has 17 heavy (non-hydrogen) atoms. The molecule has 3 heteroatoms. The van der Waals surface area contributed by atoms with E-state index in [0.717, 1.165) is 18.5 Å². The van der Waals surface area contributed by atoms with E-state index in [9.17, 15) is 4.79 Å². The first-order chi connectivity index (χ1) is 8.29. The lowest BCUT2D eigenvalue weighted by molar-refractivity contribution is 0.0981. The van der Waals surface area contributed by atoms with Gasteiger partial charge in [0.15, 0.2) is 5.78 Å². The first-order valence-corrected chi connectivity index (χ1v) is 5.87. The average Bonchev–Trinajstić information content (AvgIpc) is 2.79. The molecular formula is C14H16N2O. The van der Waals surface area contributed by atoms with Crippen molar-refractivity contribution in [3.8, 4) is 0 Å². The number of carbonyl (C=O) groups is 1. The second-order valence-corrected chi connectivity index (χ2v) is 4.10. The first kappa shape index (κ1) is 11.6. The van der Waals surface area contributed by atoms with Crippen LogP contribution in [0.25, 0.3) is 0 Å². The molecule has 0 spiro atoms. The molecule has 2 rings (SSSR count). The lowest BCUT2D eigenvalue weighted by Crippen LogP contribution is -1.98. The van der Waals surface area contributed by atoms with Gasteiger partial charge < -0.3 is 4.57 Å². The van der Waals surface area contributed by atoms with Crippen LogP contribution in [0, 0.1) is 0 Å². The number of rotatable bonds is 5. The highest BCUT2D eigenvalue weighted by molar-refractivity contribution is 5.95. The molecule has 0 amide bonds. The van der Waals surface area contributed by atoms with E-state index in [1.54, 1.807) is 12.4 Å². The number of hydrogen-bond donors (Lipinski definition) is 0. The van der Waals surface area contributed by atoms with Crippen molar-refractivity contribution in [3.63, 3.8) is 0 Å². The summed E-state index contributed by atoms with van der Waals surface area (Å²) in [7, 11) is 0. The van der Waals surface area contributed by atoms with Crippen molar-refractivity contribution in [2.45, 2.75) is 26.3 Å². The Morgan fingerprint density at radius 3 is 2.76 bits per heavy atom. The molecular weight excluding hydrogens is 212 g/mol. The van der Waals surface area contributed by atoms with Gasteiger partial charge in [-0.05, 0) is 30.2 Å². The Hall–Kier alpha value is -1.90. The van der Waals surface area contributed by atoms with Crippen LogP contribution in [0.4, 0.5) is 0 Å². The number of Topliss-reactive ketones (excluding diaryl/α,β-unsaturated/α-hetero) is 1. The summed E-state index contributed by atoms with van der Waals surface area (Å²) in [6.45, 7) is 2.80. The topological polar surface area (TPSA) is 34.9 Å². The molecule has 0 saturated heterocycles. The molecule has 0 aromatic carbocycles. The van der Waals surface area contributed by atoms with E-state index in [2.05, 4.69) is 4.98 Å². The van der Waals surface area contributed by atoms with E-state index in [1.807, 2.05) is 42.1 Å². The molecule has 0 aliphatic carbocycles. The van der Waals surface area contributed by atoms with E-state index in [4.69, 9.17) is 0 Å². The fourth-order valence-electron chi connectivity index (χ4n) is 1.77. The van der Waals surface area contributed by atoms with Crippen LogP contribution in [0.5, 0.6) is 0 Å². The number of aromatic nitrogens is 2. The van der Waals surface area contributed by atoms with Gasteiger partial charge in [-0.3, -0.25) is 9.78 Å². The molecule has 0 fully saturated rings. The van der Waals surface area contributed by atoms with Gasteiger partial charge in [0.05, 0.1) is 0 Å². The summed E-state index contributed by atoms with van der Waals surface area (Å²) in [4.78, 5) is 15.7. The van der Waals surface area contributed by atoms with Crippen LogP contribution in [0.3, 0.4) is 0 Å². The number of hydrogen-bond acceptors (Lipinski definition) is 2. The Morgan fingerprint density at radius 1 is 1.29 bits per heavy atom. The van der Waals surface area contributed by atoms with Crippen LogP contribution in [-0.2, 0) is 6.54 Å². The largest absolute Gasteiger partial charge is 0.349 e. The maximum atomic E-state index is 11.7. The van der Waals surface area contributed by atoms with Gasteiger partial charge in [-0.2, -0.15) is 0 Å². The SMILES string of the molecule is CCCC(=O)c1ccn(Cc2ccncc2)c1. The van der Waals surface area contributed by atoms with Crippen LogP contribution < -0.4 is 0 Å². The zero-order valence-corrected chi connectivity index (χ0v) is 9.97. The quantitative estimate of drug-likeness (QED) is 0.737. The van der Waals surface area contributed by atoms with Crippen molar-refractivity contribution < 1.29 is 4.79 Å². The lowest BCUT2D eigenvalue weighted by atomic mass is 10.1. The fraction of sp³-hybridized carbons (Fsp3) is 0.286. The minimum absolute atomic E-state index is 0.223. The normalized spacial score (nSPS) is 10.4. The molecule has 3 nitrogen and oxygen atoms in total. The van der Waals surface area contributed by atoms with E-state index >= 15 is 0 Å². The van der Waals surface area contributed by atoms with Crippen molar-refractivity contribution in [2.24, 2.45) is 0 Å². The molecule has 2 heterocycles. The molecule has 0 bridgehead atoms. The predicted molar refractivity (Wildman–Crippen MR) is 67.0 cm³/mol. The number of pyridine rings is 1. The van der Waals surface area contributed by atoms with Gasteiger partial charge in [-0.25, -0.2) is 0 Å². The van der Waals surface area contributed by atoms with Gasteiger partial charge in [-0.15, -0.1) is 0 Å². The van der Waals surface area contributed by atoms with E-state index in [0.29, 0.717) is 6.42 Å². The Bertz CT molecular complexity index is 488. The minimum atomic E-state index is 0.223. The lowest BCUT2D eigenvalue weighted by Gasteiger charge is -2.02. The molecule has 2 aromatic heterocycles. The molecule has 0 aliphatic rings. The number of nitrogens with zero attached hydrogens (tertiary/aromatic N) is 2. The maximum Gasteiger partial charge on any atom is 0.164 e. The summed E-state index contributed by atoms with van der Waals surface area (Å²) >= 11 is 0. The molecule has 0 radical (unpaired) electrons. The van der Waals surface area contributed by atoms with E-state index < -0.39 is 0 Å². The third-order valence-electron chi connectivity index (χ3n) is 2.66. The third kappa shape index (κ3) is 3.03. The van der Waals surface area contributed by atoms with Crippen LogP contribution >= 0.6 is 0 Å². The van der Waals surface area contributed by atoms with Crippen LogP contribution in [0.2, 0.25) is 0 Å². The fourth-order valence-corrected chi connectivity index (χ4v) is 1.77. The standard InChI is InChI=1S/C14H16N2O/c1-2-3-14(17)13-6-9-16(11-13)10-12-4-7-15-8-5-12/h4-9,11H,2-3,10H2,1H3. The Kier molecular flexibility index (Phi) is 3.70. The monoisotopic (exact) mass is 228 g/mol. The van der Waals surface area contributed by atoms with Crippen LogP contribution in [-0.4, -0.2) is 15.3 Å². The van der Waals surface area contributed by atoms with Crippen molar-refractivity contribution in [1.29, 1.82) is 0 Å². The summed E-state index contributed by atoms with van der Waals surface area (Å²) in [5.74, 6) is 0.223. The second-order valence-electron chi connectivity index (χ2n) is 4.10. The molecule has 0 aliphatic heterocycles. The highest BCUT2D eigenvalue weighted by Crippen LogP contribution is 2.08. The predicted octanol–water partition coefficient (Wildman–Crippen LogP) is 2.91. The van der Waals surface area contributed by atoms with Gasteiger partial charge in [0, 0.05) is 43.3 Å². The van der Waals surface area contributed by atoms with Crippen LogP contribution in [0.15, 0.2) is 43.0 Å². The highest BCUT2D eigenvalue weighted by Gasteiger charge is 2.06. The van der Waals surface area contributed by atoms with Gasteiger partial charge in [0.2, 0.25) is 0 Å². The van der Waals surface area contributed by atoms with E-state index in [-0.39, 0.29) is 5.78 Å². The molecule has 0 unspecified atom stereocenters. The maximum absolute atomic E-state index is 11.7. The molecule has 0 atom stereocenters. The Morgan fingerprint density at radius 2 is 2.06 bits per heavy atom. The van der Waals surface area contributed by atoms with Crippen molar-refractivity contribution in [2.75, 3.05) is 0 Å². The smallest absolute Gasteiger partial charge is 0.164 e. The minimum Gasteiger partial charge on any atom is -0.349 e. The average molecular weight is 228 g/mol. The molecule has 88 valence electrons. The Balaban J connectivity index is 2.06. The summed E-state index contributed by atoms with van der Waals surface area (Å²) in [5, 5.41) is 0. The van der Waals surface area contributed by atoms with E-state index in [1.165, 1.54) is 5.56 Å². The van der Waals surface area contributed by atoms with Gasteiger partial charge in [0.25, 0.3) is 0 Å². The van der Waals surface area contributed by atoms with Crippen LogP contribution in [0.1, 0.15) is 35.7 Å². The first-order valence-electron chi connectivity index (χ1n) is 5.87. The summed E-state index contributed by atoms with van der Waals surface area (Å²) in [5.41, 5.74) is 1.99. The van der Waals surface area contributed by atoms with Gasteiger partial charge in [0.1, 0.15) is 0 Å². The second kappa shape index (κ2) is 5.43. The van der Waals surface area contributed by atoms with Gasteiger partial charge in [-0.1, -0.05) is 6.92 Å². The van der Waals surface area contributed by atoms with Gasteiger partial charge >= 0.3 is 0 Å². The summed E-state index contributed by atoms with van der Waals surface area (Å²) in [6.07, 6.45) is 8.94. The zero-order chi connectivity index (χ0) is 12.1. The molecule has 2 aromatic rings.